The van der Waals surface area contributed by atoms with Crippen LogP contribution in [0.2, 0.25) is 5.02 Å². The van der Waals surface area contributed by atoms with Crippen molar-refractivity contribution in [3.63, 3.8) is 0 Å². The van der Waals surface area contributed by atoms with Crippen LogP contribution < -0.4 is 5.32 Å². The summed E-state index contributed by atoms with van der Waals surface area (Å²) >= 11 is 7.87. The fourth-order valence-corrected chi connectivity index (χ4v) is 2.95. The third-order valence-corrected chi connectivity index (χ3v) is 3.59. The van der Waals surface area contributed by atoms with Crippen LogP contribution in [0.1, 0.15) is 24.4 Å². The number of benzene rings is 1. The highest BCUT2D eigenvalue weighted by molar-refractivity contribution is 7.18. The predicted octanol–water partition coefficient (Wildman–Crippen LogP) is 3.76. The Balaban J connectivity index is 2.33. The zero-order chi connectivity index (χ0) is 11.7. The Hall–Kier alpha value is -0.640. The summed E-state index contributed by atoms with van der Waals surface area (Å²) in [7, 11) is 0. The van der Waals surface area contributed by atoms with Gasteiger partial charge in [-0.15, -0.1) is 11.3 Å². The van der Waals surface area contributed by atoms with E-state index in [4.69, 9.17) is 11.6 Å². The molecule has 1 aromatic carbocycles. The number of fused-ring (bicyclic) bond motifs is 1. The zero-order valence-electron chi connectivity index (χ0n) is 9.67. The van der Waals surface area contributed by atoms with Crippen molar-refractivity contribution in [2.45, 2.75) is 33.4 Å². The quantitative estimate of drug-likeness (QED) is 0.902. The Morgan fingerprint density at radius 1 is 1.44 bits per heavy atom. The molecule has 0 spiro atoms. The lowest BCUT2D eigenvalue weighted by atomic mass is 10.2. The number of hydrogen-bond donors (Lipinski definition) is 1. The van der Waals surface area contributed by atoms with Crippen molar-refractivity contribution in [2.24, 2.45) is 0 Å². The molecule has 0 atom stereocenters. The number of halogens is 1. The van der Waals surface area contributed by atoms with Gasteiger partial charge in [-0.3, -0.25) is 0 Å². The molecule has 0 aliphatic carbocycles. The number of hydrogen-bond acceptors (Lipinski definition) is 3. The first-order valence-electron chi connectivity index (χ1n) is 5.35. The lowest BCUT2D eigenvalue weighted by Crippen LogP contribution is -2.21. The van der Waals surface area contributed by atoms with Crippen molar-refractivity contribution in [2.75, 3.05) is 0 Å². The highest BCUT2D eigenvalue weighted by Gasteiger charge is 2.08. The van der Waals surface area contributed by atoms with E-state index in [2.05, 4.69) is 37.1 Å². The van der Waals surface area contributed by atoms with Crippen LogP contribution in [0.15, 0.2) is 12.1 Å². The normalized spacial score (nSPS) is 11.6. The Labute approximate surface area is 105 Å². The molecule has 0 unspecified atom stereocenters. The van der Waals surface area contributed by atoms with Gasteiger partial charge in [0, 0.05) is 12.6 Å². The van der Waals surface area contributed by atoms with Crippen molar-refractivity contribution >= 4 is 33.2 Å². The van der Waals surface area contributed by atoms with Crippen molar-refractivity contribution in [3.05, 3.63) is 27.7 Å². The second kappa shape index (κ2) is 4.70. The molecular weight excluding hydrogens is 240 g/mol. The maximum atomic E-state index is 6.16. The van der Waals surface area contributed by atoms with E-state index in [1.807, 2.05) is 6.07 Å². The van der Waals surface area contributed by atoms with Crippen LogP contribution in [0.25, 0.3) is 10.2 Å². The molecule has 0 fully saturated rings. The SMILES string of the molecule is Cc1cc(Cl)c2nc(CNC(C)C)sc2c1. The molecule has 16 heavy (non-hydrogen) atoms. The third-order valence-electron chi connectivity index (χ3n) is 2.30. The van der Waals surface area contributed by atoms with Gasteiger partial charge in [-0.1, -0.05) is 25.4 Å². The first kappa shape index (κ1) is 11.8. The molecule has 0 aliphatic rings. The van der Waals surface area contributed by atoms with Gasteiger partial charge in [0.05, 0.1) is 9.72 Å². The van der Waals surface area contributed by atoms with E-state index < -0.39 is 0 Å². The van der Waals surface area contributed by atoms with Crippen LogP contribution in [0.5, 0.6) is 0 Å². The van der Waals surface area contributed by atoms with Gasteiger partial charge in [0.15, 0.2) is 0 Å². The van der Waals surface area contributed by atoms with Gasteiger partial charge < -0.3 is 5.32 Å². The second-order valence-electron chi connectivity index (χ2n) is 4.24. The predicted molar refractivity (Wildman–Crippen MR) is 71.3 cm³/mol. The fraction of sp³-hybridized carbons (Fsp3) is 0.417. The fourth-order valence-electron chi connectivity index (χ4n) is 1.53. The molecule has 0 amide bonds. The second-order valence-corrected chi connectivity index (χ2v) is 5.76. The molecule has 0 aliphatic heterocycles. The van der Waals surface area contributed by atoms with Crippen molar-refractivity contribution < 1.29 is 0 Å². The molecular formula is C12H15ClN2S. The van der Waals surface area contributed by atoms with E-state index in [1.165, 1.54) is 10.3 Å². The average molecular weight is 255 g/mol. The lowest BCUT2D eigenvalue weighted by molar-refractivity contribution is 0.588. The van der Waals surface area contributed by atoms with E-state index in [9.17, 15) is 0 Å². The van der Waals surface area contributed by atoms with Gasteiger partial charge in [0.1, 0.15) is 10.5 Å². The van der Waals surface area contributed by atoms with Gasteiger partial charge in [-0.25, -0.2) is 4.98 Å². The Morgan fingerprint density at radius 2 is 2.19 bits per heavy atom. The number of nitrogens with zero attached hydrogens (tertiary/aromatic N) is 1. The number of aryl methyl sites for hydroxylation is 1. The van der Waals surface area contributed by atoms with Crippen LogP contribution in [0.3, 0.4) is 0 Å². The van der Waals surface area contributed by atoms with E-state index in [0.717, 1.165) is 22.1 Å². The molecule has 0 bridgehead atoms. The maximum absolute atomic E-state index is 6.16. The van der Waals surface area contributed by atoms with E-state index in [-0.39, 0.29) is 0 Å². The minimum absolute atomic E-state index is 0.476. The van der Waals surface area contributed by atoms with E-state index in [0.29, 0.717) is 6.04 Å². The minimum Gasteiger partial charge on any atom is -0.308 e. The monoisotopic (exact) mass is 254 g/mol. The lowest BCUT2D eigenvalue weighted by Gasteiger charge is -2.04. The largest absolute Gasteiger partial charge is 0.308 e. The molecule has 86 valence electrons. The zero-order valence-corrected chi connectivity index (χ0v) is 11.2. The highest BCUT2D eigenvalue weighted by Crippen LogP contribution is 2.29. The van der Waals surface area contributed by atoms with Crippen LogP contribution in [-0.2, 0) is 6.54 Å². The number of rotatable bonds is 3. The summed E-state index contributed by atoms with van der Waals surface area (Å²) in [5.74, 6) is 0. The summed E-state index contributed by atoms with van der Waals surface area (Å²) in [6.45, 7) is 7.12. The molecule has 2 nitrogen and oxygen atoms in total. The standard InChI is InChI=1S/C12H15ClN2S/c1-7(2)14-6-11-15-12-9(13)4-8(3)5-10(12)16-11/h4-5,7,14H,6H2,1-3H3. The van der Waals surface area contributed by atoms with E-state index in [1.54, 1.807) is 11.3 Å². The summed E-state index contributed by atoms with van der Waals surface area (Å²) < 4.78 is 1.17. The number of thiazole rings is 1. The minimum atomic E-state index is 0.476. The first-order valence-corrected chi connectivity index (χ1v) is 6.54. The smallest absolute Gasteiger partial charge is 0.108 e. The summed E-state index contributed by atoms with van der Waals surface area (Å²) in [5.41, 5.74) is 2.11. The summed E-state index contributed by atoms with van der Waals surface area (Å²) in [6.07, 6.45) is 0. The molecule has 0 saturated carbocycles. The average Bonchev–Trinajstić information content (AvgIpc) is 2.57. The molecule has 4 heteroatoms. The summed E-state index contributed by atoms with van der Waals surface area (Å²) in [5, 5.41) is 5.21. The van der Waals surface area contributed by atoms with E-state index >= 15 is 0 Å². The van der Waals surface area contributed by atoms with Crippen LogP contribution >= 0.6 is 22.9 Å². The molecule has 0 radical (unpaired) electrons. The van der Waals surface area contributed by atoms with Crippen molar-refractivity contribution in [3.8, 4) is 0 Å². The summed E-state index contributed by atoms with van der Waals surface area (Å²) in [6, 6.07) is 4.57. The van der Waals surface area contributed by atoms with Gasteiger partial charge >= 0.3 is 0 Å². The molecule has 1 aromatic heterocycles. The first-order chi connectivity index (χ1) is 7.56. The van der Waals surface area contributed by atoms with Gasteiger partial charge in [0.25, 0.3) is 0 Å². The van der Waals surface area contributed by atoms with Crippen molar-refractivity contribution in [1.29, 1.82) is 0 Å². The maximum Gasteiger partial charge on any atom is 0.108 e. The third kappa shape index (κ3) is 2.54. The molecule has 1 N–H and O–H groups in total. The van der Waals surface area contributed by atoms with Crippen LogP contribution in [0.4, 0.5) is 0 Å². The van der Waals surface area contributed by atoms with Gasteiger partial charge in [-0.2, -0.15) is 0 Å². The molecule has 1 heterocycles. The Kier molecular flexibility index (Phi) is 3.47. The van der Waals surface area contributed by atoms with Crippen LogP contribution in [0, 0.1) is 6.92 Å². The van der Waals surface area contributed by atoms with Gasteiger partial charge in [-0.05, 0) is 24.6 Å². The molecule has 2 aromatic rings. The number of nitrogens with one attached hydrogen (secondary N) is 1. The Morgan fingerprint density at radius 3 is 2.88 bits per heavy atom. The summed E-state index contributed by atoms with van der Waals surface area (Å²) in [4.78, 5) is 4.55. The number of aromatic nitrogens is 1. The molecule has 2 rings (SSSR count). The topological polar surface area (TPSA) is 24.9 Å². The highest BCUT2D eigenvalue weighted by atomic mass is 35.5. The molecule has 0 saturated heterocycles. The van der Waals surface area contributed by atoms with Crippen molar-refractivity contribution in [1.82, 2.24) is 10.3 Å². The van der Waals surface area contributed by atoms with Crippen LogP contribution in [-0.4, -0.2) is 11.0 Å². The van der Waals surface area contributed by atoms with Gasteiger partial charge in [0.2, 0.25) is 0 Å². The Bertz CT molecular complexity index is 505.